The summed E-state index contributed by atoms with van der Waals surface area (Å²) in [6, 6.07) is 3.04. The normalized spacial score (nSPS) is 11.5. The third-order valence-electron chi connectivity index (χ3n) is 2.22. The van der Waals surface area contributed by atoms with Crippen molar-refractivity contribution in [3.8, 4) is 0 Å². The molecule has 0 unspecified atom stereocenters. The number of hydrogen-bond acceptors (Lipinski definition) is 1. The summed E-state index contributed by atoms with van der Waals surface area (Å²) >= 11 is 0. The second-order valence-corrected chi connectivity index (χ2v) is 4.10. The Kier molecular flexibility index (Phi) is 3.07. The molecule has 0 amide bonds. The standard InChI is InChI=1S/C11H12F2O2/c1-11(2,10(14)15)6-7-5-8(12)3-4-9(7)13/h3-5H,6H2,1-2H3,(H,14,15). The van der Waals surface area contributed by atoms with Gasteiger partial charge in [-0.2, -0.15) is 0 Å². The molecule has 15 heavy (non-hydrogen) atoms. The number of aliphatic carboxylic acids is 1. The van der Waals surface area contributed by atoms with Crippen LogP contribution in [0, 0.1) is 17.0 Å². The molecule has 0 heterocycles. The largest absolute Gasteiger partial charge is 0.481 e. The molecule has 1 aromatic carbocycles. The Morgan fingerprint density at radius 1 is 1.40 bits per heavy atom. The van der Waals surface area contributed by atoms with Gasteiger partial charge in [-0.3, -0.25) is 4.79 Å². The molecule has 2 nitrogen and oxygen atoms in total. The van der Waals surface area contributed by atoms with Crippen molar-refractivity contribution in [2.75, 3.05) is 0 Å². The average Bonchev–Trinajstić information content (AvgIpc) is 2.10. The number of carboxylic acid groups (broad SMARTS) is 1. The molecule has 0 aliphatic rings. The maximum atomic E-state index is 13.2. The van der Waals surface area contributed by atoms with E-state index in [1.165, 1.54) is 13.8 Å². The van der Waals surface area contributed by atoms with E-state index in [0.717, 1.165) is 18.2 Å². The monoisotopic (exact) mass is 214 g/mol. The summed E-state index contributed by atoms with van der Waals surface area (Å²) in [4.78, 5) is 10.8. The van der Waals surface area contributed by atoms with Crippen molar-refractivity contribution in [3.63, 3.8) is 0 Å². The van der Waals surface area contributed by atoms with Gasteiger partial charge in [0.05, 0.1) is 5.41 Å². The predicted molar refractivity (Wildman–Crippen MR) is 51.5 cm³/mol. The SMILES string of the molecule is CC(C)(Cc1cc(F)ccc1F)C(=O)O. The molecular formula is C11H12F2O2. The van der Waals surface area contributed by atoms with Gasteiger partial charge in [0.2, 0.25) is 0 Å². The molecule has 0 fully saturated rings. The van der Waals surface area contributed by atoms with Crippen LogP contribution in [0.1, 0.15) is 19.4 Å². The summed E-state index contributed by atoms with van der Waals surface area (Å²) in [5, 5.41) is 8.85. The maximum Gasteiger partial charge on any atom is 0.309 e. The Bertz CT molecular complexity index is 386. The summed E-state index contributed by atoms with van der Waals surface area (Å²) in [5.41, 5.74) is -1.02. The molecule has 4 heteroatoms. The van der Waals surface area contributed by atoms with E-state index in [1.54, 1.807) is 0 Å². The molecule has 1 rings (SSSR count). The van der Waals surface area contributed by atoms with Gasteiger partial charge in [-0.1, -0.05) is 0 Å². The van der Waals surface area contributed by atoms with Crippen LogP contribution in [0.3, 0.4) is 0 Å². The van der Waals surface area contributed by atoms with E-state index in [1.807, 2.05) is 0 Å². The van der Waals surface area contributed by atoms with Crippen molar-refractivity contribution >= 4 is 5.97 Å². The first-order valence-corrected chi connectivity index (χ1v) is 4.50. The highest BCUT2D eigenvalue weighted by molar-refractivity contribution is 5.74. The third-order valence-corrected chi connectivity index (χ3v) is 2.22. The summed E-state index contributed by atoms with van der Waals surface area (Å²) in [7, 11) is 0. The zero-order valence-electron chi connectivity index (χ0n) is 8.55. The van der Waals surface area contributed by atoms with Gasteiger partial charge in [-0.25, -0.2) is 8.78 Å². The van der Waals surface area contributed by atoms with Crippen LogP contribution >= 0.6 is 0 Å². The van der Waals surface area contributed by atoms with Crippen LogP contribution in [-0.4, -0.2) is 11.1 Å². The lowest BCUT2D eigenvalue weighted by molar-refractivity contribution is -0.146. The fourth-order valence-electron chi connectivity index (χ4n) is 1.23. The highest BCUT2D eigenvalue weighted by Crippen LogP contribution is 2.24. The molecule has 0 atom stereocenters. The number of carbonyl (C=O) groups is 1. The number of carboxylic acids is 1. The Morgan fingerprint density at radius 3 is 2.53 bits per heavy atom. The van der Waals surface area contributed by atoms with Gasteiger partial charge >= 0.3 is 5.97 Å². The molecule has 0 bridgehead atoms. The molecule has 0 radical (unpaired) electrons. The van der Waals surface area contributed by atoms with E-state index >= 15 is 0 Å². The summed E-state index contributed by atoms with van der Waals surface area (Å²) in [5.74, 6) is -2.18. The summed E-state index contributed by atoms with van der Waals surface area (Å²) in [6.45, 7) is 2.94. The van der Waals surface area contributed by atoms with E-state index < -0.39 is 23.0 Å². The van der Waals surface area contributed by atoms with Crippen molar-refractivity contribution < 1.29 is 18.7 Å². The Balaban J connectivity index is 2.99. The zero-order valence-corrected chi connectivity index (χ0v) is 8.55. The van der Waals surface area contributed by atoms with E-state index in [2.05, 4.69) is 0 Å². The molecule has 0 saturated carbocycles. The van der Waals surface area contributed by atoms with E-state index in [0.29, 0.717) is 0 Å². The van der Waals surface area contributed by atoms with Crippen LogP contribution in [0.15, 0.2) is 18.2 Å². The van der Waals surface area contributed by atoms with Gasteiger partial charge in [-0.05, 0) is 44.0 Å². The van der Waals surface area contributed by atoms with Gasteiger partial charge in [0, 0.05) is 0 Å². The molecule has 1 aromatic rings. The van der Waals surface area contributed by atoms with Crippen molar-refractivity contribution in [3.05, 3.63) is 35.4 Å². The van der Waals surface area contributed by atoms with Gasteiger partial charge in [0.25, 0.3) is 0 Å². The topological polar surface area (TPSA) is 37.3 Å². The summed E-state index contributed by atoms with van der Waals surface area (Å²) in [6.07, 6.45) is -0.0358. The smallest absolute Gasteiger partial charge is 0.309 e. The highest BCUT2D eigenvalue weighted by Gasteiger charge is 2.28. The second-order valence-electron chi connectivity index (χ2n) is 4.10. The van der Waals surface area contributed by atoms with Crippen LogP contribution in [0.2, 0.25) is 0 Å². The Morgan fingerprint density at radius 2 is 2.00 bits per heavy atom. The molecule has 0 spiro atoms. The van der Waals surface area contributed by atoms with Crippen molar-refractivity contribution in [2.45, 2.75) is 20.3 Å². The molecule has 0 aliphatic carbocycles. The van der Waals surface area contributed by atoms with Gasteiger partial charge in [-0.15, -0.1) is 0 Å². The van der Waals surface area contributed by atoms with Crippen LogP contribution in [-0.2, 0) is 11.2 Å². The zero-order chi connectivity index (χ0) is 11.6. The number of benzene rings is 1. The third kappa shape index (κ3) is 2.75. The highest BCUT2D eigenvalue weighted by atomic mass is 19.1. The van der Waals surface area contributed by atoms with E-state index in [9.17, 15) is 13.6 Å². The number of halogens is 2. The maximum absolute atomic E-state index is 13.2. The molecule has 82 valence electrons. The van der Waals surface area contributed by atoms with Crippen LogP contribution in [0.4, 0.5) is 8.78 Å². The van der Waals surface area contributed by atoms with E-state index in [4.69, 9.17) is 5.11 Å². The minimum Gasteiger partial charge on any atom is -0.481 e. The van der Waals surface area contributed by atoms with Crippen molar-refractivity contribution in [1.82, 2.24) is 0 Å². The van der Waals surface area contributed by atoms with Crippen LogP contribution < -0.4 is 0 Å². The van der Waals surface area contributed by atoms with Gasteiger partial charge < -0.3 is 5.11 Å². The minimum atomic E-state index is -1.10. The first-order chi connectivity index (χ1) is 6.83. The van der Waals surface area contributed by atoms with E-state index in [-0.39, 0.29) is 12.0 Å². The molecule has 0 aromatic heterocycles. The van der Waals surface area contributed by atoms with Gasteiger partial charge in [0.1, 0.15) is 11.6 Å². The number of rotatable bonds is 3. The Labute approximate surface area is 86.5 Å². The van der Waals surface area contributed by atoms with Crippen LogP contribution in [0.5, 0.6) is 0 Å². The molecular weight excluding hydrogens is 202 g/mol. The van der Waals surface area contributed by atoms with Crippen LogP contribution in [0.25, 0.3) is 0 Å². The Hall–Kier alpha value is -1.45. The second kappa shape index (κ2) is 3.96. The lowest BCUT2D eigenvalue weighted by Crippen LogP contribution is -2.26. The van der Waals surface area contributed by atoms with Crippen molar-refractivity contribution in [1.29, 1.82) is 0 Å². The molecule has 1 N–H and O–H groups in total. The van der Waals surface area contributed by atoms with Gasteiger partial charge in [0.15, 0.2) is 0 Å². The molecule has 0 saturated heterocycles. The molecule has 0 aliphatic heterocycles. The lowest BCUT2D eigenvalue weighted by atomic mass is 9.86. The summed E-state index contributed by atoms with van der Waals surface area (Å²) < 4.78 is 26.0. The average molecular weight is 214 g/mol. The fraction of sp³-hybridized carbons (Fsp3) is 0.364. The van der Waals surface area contributed by atoms with Crippen molar-refractivity contribution in [2.24, 2.45) is 5.41 Å². The number of hydrogen-bond donors (Lipinski definition) is 1. The predicted octanol–water partition coefficient (Wildman–Crippen LogP) is 2.62. The first kappa shape index (κ1) is 11.6. The minimum absolute atomic E-state index is 0.0358. The first-order valence-electron chi connectivity index (χ1n) is 4.50. The lowest BCUT2D eigenvalue weighted by Gasteiger charge is -2.19. The quantitative estimate of drug-likeness (QED) is 0.839. The fourth-order valence-corrected chi connectivity index (χ4v) is 1.23.